The molecule has 6 rings (SSSR count). The van der Waals surface area contributed by atoms with Crippen LogP contribution >= 0.6 is 0 Å². The molecule has 36 heavy (non-hydrogen) atoms. The molecular formula is C28H22N8. The second kappa shape index (κ2) is 9.71. The number of benzene rings is 4. The monoisotopic (exact) mass is 470 g/mol. The molecule has 4 aromatic carbocycles. The molecule has 174 valence electrons. The van der Waals surface area contributed by atoms with E-state index in [-0.39, 0.29) is 0 Å². The van der Waals surface area contributed by atoms with E-state index in [0.29, 0.717) is 11.6 Å². The predicted molar refractivity (Wildman–Crippen MR) is 138 cm³/mol. The van der Waals surface area contributed by atoms with E-state index >= 15 is 0 Å². The minimum atomic E-state index is 0.595. The zero-order valence-corrected chi connectivity index (χ0v) is 19.3. The summed E-state index contributed by atoms with van der Waals surface area (Å²) in [6.45, 7) is 0. The van der Waals surface area contributed by atoms with E-state index in [2.05, 4.69) is 102 Å². The molecule has 0 aliphatic rings. The van der Waals surface area contributed by atoms with E-state index < -0.39 is 0 Å². The second-order valence-electron chi connectivity index (χ2n) is 8.46. The van der Waals surface area contributed by atoms with Crippen LogP contribution in [0.1, 0.15) is 11.1 Å². The van der Waals surface area contributed by atoms with Gasteiger partial charge < -0.3 is 0 Å². The summed E-state index contributed by atoms with van der Waals surface area (Å²) in [5, 5.41) is 29.0. The fourth-order valence-corrected chi connectivity index (χ4v) is 4.40. The van der Waals surface area contributed by atoms with Crippen LogP contribution in [0.2, 0.25) is 0 Å². The second-order valence-corrected chi connectivity index (χ2v) is 8.46. The molecule has 0 bridgehead atoms. The number of hydrogen-bond donors (Lipinski definition) is 2. The first-order valence-electron chi connectivity index (χ1n) is 11.7. The zero-order valence-electron chi connectivity index (χ0n) is 19.3. The Kier molecular flexibility index (Phi) is 5.81. The Morgan fingerprint density at radius 1 is 0.444 bits per heavy atom. The number of tetrazole rings is 2. The van der Waals surface area contributed by atoms with Crippen LogP contribution in [0, 0.1) is 0 Å². The Bertz CT molecular complexity index is 1430. The zero-order chi connectivity index (χ0) is 24.2. The van der Waals surface area contributed by atoms with Crippen molar-refractivity contribution in [3.05, 3.63) is 108 Å². The maximum Gasteiger partial charge on any atom is 0.205 e. The SMILES string of the molecule is c1ccc(-c2nn[nH]n2)c(-c2ccc(CCc3ccc(-c4ccccc4-c4nn[nH]n4)cc3)cc2)c1. The summed E-state index contributed by atoms with van der Waals surface area (Å²) in [4.78, 5) is 0. The first-order chi connectivity index (χ1) is 17.8. The van der Waals surface area contributed by atoms with Gasteiger partial charge in [-0.25, -0.2) is 0 Å². The van der Waals surface area contributed by atoms with Crippen molar-refractivity contribution in [2.75, 3.05) is 0 Å². The first kappa shape index (κ1) is 21.5. The first-order valence-corrected chi connectivity index (χ1v) is 11.7. The molecule has 0 saturated carbocycles. The highest BCUT2D eigenvalue weighted by Crippen LogP contribution is 2.31. The maximum absolute atomic E-state index is 4.14. The standard InChI is InChI=1S/C28H22N8/c1-3-7-25(27-29-33-34-30-27)23(5-1)21-15-11-19(12-16-21)9-10-20-13-17-22(18-14-20)24-6-2-4-8-26(24)28-31-35-36-32-28/h1-8,11-18H,9-10H2,(H,29,30,33,34)(H,31,32,35,36). The van der Waals surface area contributed by atoms with Crippen LogP contribution in [0.4, 0.5) is 0 Å². The van der Waals surface area contributed by atoms with E-state index in [0.717, 1.165) is 46.2 Å². The van der Waals surface area contributed by atoms with E-state index in [1.165, 1.54) is 11.1 Å². The molecule has 0 radical (unpaired) electrons. The third-order valence-corrected chi connectivity index (χ3v) is 6.26. The molecule has 8 nitrogen and oxygen atoms in total. The van der Waals surface area contributed by atoms with Crippen LogP contribution < -0.4 is 0 Å². The largest absolute Gasteiger partial charge is 0.205 e. The van der Waals surface area contributed by atoms with Crippen molar-refractivity contribution in [2.24, 2.45) is 0 Å². The van der Waals surface area contributed by atoms with E-state index in [4.69, 9.17) is 0 Å². The van der Waals surface area contributed by atoms with Crippen LogP contribution in [-0.2, 0) is 12.8 Å². The lowest BCUT2D eigenvalue weighted by Crippen LogP contribution is -1.93. The number of rotatable bonds is 7. The van der Waals surface area contributed by atoms with Gasteiger partial charge in [-0.05, 0) is 56.6 Å². The Morgan fingerprint density at radius 2 is 0.833 bits per heavy atom. The summed E-state index contributed by atoms with van der Waals surface area (Å²) >= 11 is 0. The number of aromatic amines is 2. The maximum atomic E-state index is 4.14. The Morgan fingerprint density at radius 3 is 1.19 bits per heavy atom. The highest BCUT2D eigenvalue weighted by molar-refractivity contribution is 5.81. The van der Waals surface area contributed by atoms with Gasteiger partial charge in [-0.3, -0.25) is 0 Å². The summed E-state index contributed by atoms with van der Waals surface area (Å²) < 4.78 is 0. The average Bonchev–Trinajstić information content (AvgIpc) is 3.68. The minimum absolute atomic E-state index is 0.595. The molecule has 0 aliphatic heterocycles. The van der Waals surface area contributed by atoms with Crippen LogP contribution in [0.15, 0.2) is 97.1 Å². The topological polar surface area (TPSA) is 109 Å². The molecule has 0 atom stereocenters. The summed E-state index contributed by atoms with van der Waals surface area (Å²) in [6, 6.07) is 33.6. The third-order valence-electron chi connectivity index (χ3n) is 6.26. The lowest BCUT2D eigenvalue weighted by molar-refractivity contribution is 0.881. The van der Waals surface area contributed by atoms with E-state index in [1.54, 1.807) is 0 Å². The quantitative estimate of drug-likeness (QED) is 0.333. The molecule has 0 amide bonds. The van der Waals surface area contributed by atoms with Gasteiger partial charge in [-0.2, -0.15) is 10.4 Å². The van der Waals surface area contributed by atoms with Gasteiger partial charge in [0, 0.05) is 11.1 Å². The molecule has 0 aliphatic carbocycles. The average molecular weight is 471 g/mol. The molecule has 6 aromatic rings. The van der Waals surface area contributed by atoms with Crippen LogP contribution in [0.3, 0.4) is 0 Å². The molecule has 2 heterocycles. The van der Waals surface area contributed by atoms with Gasteiger partial charge in [-0.15, -0.1) is 20.4 Å². The summed E-state index contributed by atoms with van der Waals surface area (Å²) in [5.41, 5.74) is 8.93. The van der Waals surface area contributed by atoms with Gasteiger partial charge in [0.25, 0.3) is 0 Å². The summed E-state index contributed by atoms with van der Waals surface area (Å²) in [6.07, 6.45) is 1.93. The van der Waals surface area contributed by atoms with Crippen molar-refractivity contribution in [3.8, 4) is 45.0 Å². The molecule has 2 aromatic heterocycles. The Balaban J connectivity index is 1.15. The Hall–Kier alpha value is -4.98. The molecular weight excluding hydrogens is 448 g/mol. The number of H-pyrrole nitrogens is 2. The van der Waals surface area contributed by atoms with Crippen molar-refractivity contribution in [1.82, 2.24) is 41.2 Å². The summed E-state index contributed by atoms with van der Waals surface area (Å²) in [5.74, 6) is 1.19. The normalized spacial score (nSPS) is 11.0. The number of nitrogens with zero attached hydrogens (tertiary/aromatic N) is 6. The van der Waals surface area contributed by atoms with Gasteiger partial charge in [0.15, 0.2) is 0 Å². The highest BCUT2D eigenvalue weighted by Gasteiger charge is 2.12. The fraction of sp³-hybridized carbons (Fsp3) is 0.0714. The van der Waals surface area contributed by atoms with Crippen molar-refractivity contribution in [1.29, 1.82) is 0 Å². The molecule has 8 heteroatoms. The molecule has 0 spiro atoms. The highest BCUT2D eigenvalue weighted by atomic mass is 15.5. The van der Waals surface area contributed by atoms with Gasteiger partial charge in [0.05, 0.1) is 0 Å². The molecule has 0 unspecified atom stereocenters. The van der Waals surface area contributed by atoms with Gasteiger partial charge in [0.2, 0.25) is 11.6 Å². The Labute approximate surface area is 207 Å². The number of hydrogen-bond acceptors (Lipinski definition) is 6. The number of nitrogens with one attached hydrogen (secondary N) is 2. The van der Waals surface area contributed by atoms with Crippen LogP contribution in [0.5, 0.6) is 0 Å². The van der Waals surface area contributed by atoms with E-state index in [9.17, 15) is 0 Å². The lowest BCUT2D eigenvalue weighted by atomic mass is 9.95. The van der Waals surface area contributed by atoms with Crippen molar-refractivity contribution in [2.45, 2.75) is 12.8 Å². The van der Waals surface area contributed by atoms with Crippen molar-refractivity contribution >= 4 is 0 Å². The van der Waals surface area contributed by atoms with Crippen molar-refractivity contribution < 1.29 is 0 Å². The van der Waals surface area contributed by atoms with Crippen LogP contribution in [0.25, 0.3) is 45.0 Å². The van der Waals surface area contributed by atoms with Gasteiger partial charge in [0.1, 0.15) is 0 Å². The predicted octanol–water partition coefficient (Wildman–Crippen LogP) is 5.17. The minimum Gasteiger partial charge on any atom is -0.177 e. The van der Waals surface area contributed by atoms with Crippen LogP contribution in [-0.4, -0.2) is 41.2 Å². The number of aromatic nitrogens is 8. The van der Waals surface area contributed by atoms with Crippen molar-refractivity contribution in [3.63, 3.8) is 0 Å². The number of aryl methyl sites for hydroxylation is 2. The smallest absolute Gasteiger partial charge is 0.177 e. The van der Waals surface area contributed by atoms with Gasteiger partial charge >= 0.3 is 0 Å². The van der Waals surface area contributed by atoms with Gasteiger partial charge in [-0.1, -0.05) is 97.1 Å². The molecule has 0 saturated heterocycles. The summed E-state index contributed by atoms with van der Waals surface area (Å²) in [7, 11) is 0. The molecule has 2 N–H and O–H groups in total. The fourth-order valence-electron chi connectivity index (χ4n) is 4.40. The lowest BCUT2D eigenvalue weighted by Gasteiger charge is -2.09. The third kappa shape index (κ3) is 4.39. The van der Waals surface area contributed by atoms with E-state index in [1.807, 2.05) is 36.4 Å². The molecule has 0 fully saturated rings.